The normalized spacial score (nSPS) is 12.0. The molecule has 20 heavy (non-hydrogen) atoms. The van der Waals surface area contributed by atoms with Gasteiger partial charge in [-0.1, -0.05) is 28.9 Å². The van der Waals surface area contributed by atoms with Crippen molar-refractivity contribution in [1.82, 2.24) is 14.1 Å². The first kappa shape index (κ1) is 15.2. The summed E-state index contributed by atoms with van der Waals surface area (Å²) in [5.74, 6) is 0. The summed E-state index contributed by atoms with van der Waals surface area (Å²) in [7, 11) is -1.69. The summed E-state index contributed by atoms with van der Waals surface area (Å²) in [6, 6.07) is 6.73. The molecule has 1 aromatic heterocycles. The van der Waals surface area contributed by atoms with Crippen LogP contribution in [-0.2, 0) is 23.6 Å². The zero-order chi connectivity index (χ0) is 14.8. The minimum absolute atomic E-state index is 0.289. The third-order valence-corrected chi connectivity index (χ3v) is 5.31. The van der Waals surface area contributed by atoms with E-state index in [0.29, 0.717) is 13.1 Å². The molecule has 0 unspecified atom stereocenters. The van der Waals surface area contributed by atoms with Crippen LogP contribution in [-0.4, -0.2) is 29.0 Å². The quantitative estimate of drug-likeness (QED) is 0.825. The van der Waals surface area contributed by atoms with Crippen LogP contribution in [0.2, 0.25) is 0 Å². The Bertz CT molecular complexity index is 697. The first-order valence-electron chi connectivity index (χ1n) is 6.16. The predicted molar refractivity (Wildman–Crippen MR) is 80.6 cm³/mol. The number of hydrogen-bond donors (Lipinski definition) is 0. The van der Waals surface area contributed by atoms with Gasteiger partial charge in [-0.25, -0.2) is 8.42 Å². The van der Waals surface area contributed by atoms with Gasteiger partial charge in [0.2, 0.25) is 10.0 Å². The Morgan fingerprint density at radius 2 is 2.15 bits per heavy atom. The number of sulfonamides is 1. The highest BCUT2D eigenvalue weighted by atomic mass is 79.9. The Labute approximate surface area is 127 Å². The molecular formula is C13H16BrN3O2S. The van der Waals surface area contributed by atoms with Crippen LogP contribution in [0.15, 0.2) is 46.0 Å². The van der Waals surface area contributed by atoms with Crippen LogP contribution in [0.25, 0.3) is 0 Å². The van der Waals surface area contributed by atoms with Crippen molar-refractivity contribution in [3.63, 3.8) is 0 Å². The summed E-state index contributed by atoms with van der Waals surface area (Å²) >= 11 is 3.30. The molecule has 0 N–H and O–H groups in total. The van der Waals surface area contributed by atoms with Gasteiger partial charge in [-0.2, -0.15) is 9.40 Å². The highest BCUT2D eigenvalue weighted by Crippen LogP contribution is 2.21. The van der Waals surface area contributed by atoms with Crippen molar-refractivity contribution >= 4 is 26.0 Å². The maximum absolute atomic E-state index is 12.6. The molecule has 0 radical (unpaired) electrons. The second-order valence-electron chi connectivity index (χ2n) is 4.41. The lowest BCUT2D eigenvalue weighted by Crippen LogP contribution is -2.30. The molecule has 0 aliphatic carbocycles. The standard InChI is InChI=1S/C13H16BrN3O2S/c1-3-17(10-11-8-15-16(2)9-11)20(18,19)13-6-4-5-12(14)7-13/h4-9H,3,10H2,1-2H3. The lowest BCUT2D eigenvalue weighted by Gasteiger charge is -2.19. The van der Waals surface area contributed by atoms with Crippen molar-refractivity contribution < 1.29 is 8.42 Å². The molecule has 0 fully saturated rings. The minimum atomic E-state index is -3.50. The molecule has 1 heterocycles. The van der Waals surface area contributed by atoms with E-state index >= 15 is 0 Å². The topological polar surface area (TPSA) is 55.2 Å². The zero-order valence-corrected chi connectivity index (χ0v) is 13.7. The number of benzene rings is 1. The van der Waals surface area contributed by atoms with Gasteiger partial charge in [0.15, 0.2) is 0 Å². The van der Waals surface area contributed by atoms with Crippen LogP contribution in [0.3, 0.4) is 0 Å². The molecule has 0 atom stereocenters. The summed E-state index contributed by atoms with van der Waals surface area (Å²) in [5, 5.41) is 4.06. The van der Waals surface area contributed by atoms with Crippen molar-refractivity contribution in [3.05, 3.63) is 46.7 Å². The fourth-order valence-electron chi connectivity index (χ4n) is 1.90. The van der Waals surface area contributed by atoms with Crippen LogP contribution in [0, 0.1) is 0 Å². The molecule has 0 saturated carbocycles. The summed E-state index contributed by atoms with van der Waals surface area (Å²) < 4.78 is 29.1. The van der Waals surface area contributed by atoms with E-state index in [0.717, 1.165) is 10.0 Å². The predicted octanol–water partition coefficient (Wildman–Crippen LogP) is 2.39. The fraction of sp³-hybridized carbons (Fsp3) is 0.308. The van der Waals surface area contributed by atoms with Crippen LogP contribution < -0.4 is 0 Å². The summed E-state index contributed by atoms with van der Waals surface area (Å²) in [4.78, 5) is 0.289. The lowest BCUT2D eigenvalue weighted by atomic mass is 10.3. The van der Waals surface area contributed by atoms with Crippen molar-refractivity contribution in [1.29, 1.82) is 0 Å². The SMILES string of the molecule is CCN(Cc1cnn(C)c1)S(=O)(=O)c1cccc(Br)c1. The fourth-order valence-corrected chi connectivity index (χ4v) is 3.93. The van der Waals surface area contributed by atoms with Crippen molar-refractivity contribution in [3.8, 4) is 0 Å². The smallest absolute Gasteiger partial charge is 0.243 e. The number of aryl methyl sites for hydroxylation is 1. The van der Waals surface area contributed by atoms with E-state index in [1.165, 1.54) is 4.31 Å². The number of aromatic nitrogens is 2. The minimum Gasteiger partial charge on any atom is -0.275 e. The molecule has 0 saturated heterocycles. The first-order valence-corrected chi connectivity index (χ1v) is 8.40. The van der Waals surface area contributed by atoms with E-state index in [9.17, 15) is 8.42 Å². The molecule has 108 valence electrons. The Morgan fingerprint density at radius 3 is 2.70 bits per heavy atom. The maximum Gasteiger partial charge on any atom is 0.243 e. The van der Waals surface area contributed by atoms with Gasteiger partial charge in [-0.3, -0.25) is 4.68 Å². The van der Waals surface area contributed by atoms with Crippen molar-refractivity contribution in [2.24, 2.45) is 7.05 Å². The summed E-state index contributed by atoms with van der Waals surface area (Å²) in [6.45, 7) is 2.55. The average molecular weight is 358 g/mol. The molecule has 0 aliphatic rings. The van der Waals surface area contributed by atoms with Gasteiger partial charge in [-0.05, 0) is 18.2 Å². The van der Waals surface area contributed by atoms with Gasteiger partial charge in [0.25, 0.3) is 0 Å². The van der Waals surface area contributed by atoms with Gasteiger partial charge in [0.1, 0.15) is 0 Å². The van der Waals surface area contributed by atoms with E-state index in [4.69, 9.17) is 0 Å². The largest absolute Gasteiger partial charge is 0.275 e. The van der Waals surface area contributed by atoms with Crippen LogP contribution >= 0.6 is 15.9 Å². The number of halogens is 1. The number of nitrogens with zero attached hydrogens (tertiary/aromatic N) is 3. The summed E-state index contributed by atoms with van der Waals surface area (Å²) in [5.41, 5.74) is 0.868. The molecule has 0 aliphatic heterocycles. The van der Waals surface area contributed by atoms with E-state index < -0.39 is 10.0 Å². The Morgan fingerprint density at radius 1 is 1.40 bits per heavy atom. The molecule has 7 heteroatoms. The Hall–Kier alpha value is -1.18. The highest BCUT2D eigenvalue weighted by molar-refractivity contribution is 9.10. The van der Waals surface area contributed by atoms with Crippen molar-refractivity contribution in [2.75, 3.05) is 6.54 Å². The maximum atomic E-state index is 12.6. The average Bonchev–Trinajstić information content (AvgIpc) is 2.81. The van der Waals surface area contributed by atoms with Gasteiger partial charge in [0.05, 0.1) is 11.1 Å². The second kappa shape index (κ2) is 6.07. The number of hydrogen-bond acceptors (Lipinski definition) is 3. The van der Waals surface area contributed by atoms with Crippen molar-refractivity contribution in [2.45, 2.75) is 18.4 Å². The van der Waals surface area contributed by atoms with E-state index in [2.05, 4.69) is 21.0 Å². The monoisotopic (exact) mass is 357 g/mol. The summed E-state index contributed by atoms with van der Waals surface area (Å²) in [6.07, 6.45) is 3.50. The molecule has 0 spiro atoms. The lowest BCUT2D eigenvalue weighted by molar-refractivity contribution is 0.423. The molecule has 2 rings (SSSR count). The third-order valence-electron chi connectivity index (χ3n) is 2.90. The molecule has 1 aromatic carbocycles. The zero-order valence-electron chi connectivity index (χ0n) is 11.3. The van der Waals surface area contributed by atoms with Gasteiger partial charge in [-0.15, -0.1) is 0 Å². The third kappa shape index (κ3) is 3.28. The molecule has 0 bridgehead atoms. The Balaban J connectivity index is 2.30. The molecule has 5 nitrogen and oxygen atoms in total. The van der Waals surface area contributed by atoms with E-state index in [-0.39, 0.29) is 4.90 Å². The molecule has 0 amide bonds. The van der Waals surface area contributed by atoms with E-state index in [1.807, 2.05) is 20.2 Å². The molecular weight excluding hydrogens is 342 g/mol. The highest BCUT2D eigenvalue weighted by Gasteiger charge is 2.23. The van der Waals surface area contributed by atoms with Crippen LogP contribution in [0.5, 0.6) is 0 Å². The van der Waals surface area contributed by atoms with Gasteiger partial charge < -0.3 is 0 Å². The number of rotatable bonds is 5. The van der Waals surface area contributed by atoms with Gasteiger partial charge >= 0.3 is 0 Å². The van der Waals surface area contributed by atoms with Crippen LogP contribution in [0.4, 0.5) is 0 Å². The Kier molecular flexibility index (Phi) is 4.62. The molecule has 2 aromatic rings. The van der Waals surface area contributed by atoms with Crippen LogP contribution in [0.1, 0.15) is 12.5 Å². The first-order chi connectivity index (χ1) is 9.43. The van der Waals surface area contributed by atoms with E-state index in [1.54, 1.807) is 35.1 Å². The van der Waals surface area contributed by atoms with Gasteiger partial charge in [0, 0.05) is 36.4 Å². The second-order valence-corrected chi connectivity index (χ2v) is 7.26.